The Hall–Kier alpha value is -0.970. The van der Waals surface area contributed by atoms with Crippen LogP contribution in [0.4, 0.5) is 0 Å². The molecule has 0 saturated carbocycles. The van der Waals surface area contributed by atoms with E-state index in [1.54, 1.807) is 19.4 Å². The van der Waals surface area contributed by atoms with E-state index in [1.807, 2.05) is 11.8 Å². The van der Waals surface area contributed by atoms with Crippen molar-refractivity contribution >= 4 is 11.8 Å². The number of hydrogen-bond donors (Lipinski definition) is 0. The van der Waals surface area contributed by atoms with Gasteiger partial charge < -0.3 is 9.30 Å². The van der Waals surface area contributed by atoms with Gasteiger partial charge >= 0.3 is 5.56 Å². The van der Waals surface area contributed by atoms with Gasteiger partial charge in [0, 0.05) is 25.2 Å². The Kier molecular flexibility index (Phi) is 2.77. The number of aryl methyl sites for hydroxylation is 1. The Balaban J connectivity index is 2.16. The van der Waals surface area contributed by atoms with Crippen molar-refractivity contribution in [1.29, 1.82) is 0 Å². The second-order valence-electron chi connectivity index (χ2n) is 3.25. The van der Waals surface area contributed by atoms with Crippen molar-refractivity contribution in [1.82, 2.24) is 9.55 Å². The first kappa shape index (κ1) is 9.58. The number of thioether (sulfide) groups is 1. The minimum atomic E-state index is -0.163. The quantitative estimate of drug-likeness (QED) is 0.722. The summed E-state index contributed by atoms with van der Waals surface area (Å²) in [6.45, 7) is 0. The smallest absolute Gasteiger partial charge is 0.313 e. The Morgan fingerprint density at radius 2 is 2.57 bits per heavy atom. The van der Waals surface area contributed by atoms with Gasteiger partial charge in [-0.3, -0.25) is 4.79 Å². The van der Waals surface area contributed by atoms with E-state index in [1.165, 1.54) is 4.57 Å². The van der Waals surface area contributed by atoms with Gasteiger partial charge in [-0.2, -0.15) is 11.8 Å². The lowest BCUT2D eigenvalue weighted by molar-refractivity contribution is 0.215. The largest absolute Gasteiger partial charge is 0.470 e. The molecule has 14 heavy (non-hydrogen) atoms. The summed E-state index contributed by atoms with van der Waals surface area (Å²) >= 11 is 1.85. The minimum Gasteiger partial charge on any atom is -0.470 e. The lowest BCUT2D eigenvalue weighted by Gasteiger charge is -2.10. The number of ether oxygens (including phenoxy) is 1. The van der Waals surface area contributed by atoms with Crippen molar-refractivity contribution < 1.29 is 4.74 Å². The van der Waals surface area contributed by atoms with Crippen molar-refractivity contribution in [2.45, 2.75) is 12.5 Å². The van der Waals surface area contributed by atoms with Crippen LogP contribution in [-0.4, -0.2) is 27.2 Å². The van der Waals surface area contributed by atoms with Crippen LogP contribution in [0.1, 0.15) is 6.42 Å². The van der Waals surface area contributed by atoms with E-state index >= 15 is 0 Å². The second-order valence-corrected chi connectivity index (χ2v) is 4.40. The molecule has 1 aliphatic heterocycles. The molecule has 1 atom stereocenters. The average Bonchev–Trinajstić information content (AvgIpc) is 2.66. The molecule has 0 amide bonds. The van der Waals surface area contributed by atoms with Gasteiger partial charge in [-0.05, 0) is 12.2 Å². The van der Waals surface area contributed by atoms with Crippen LogP contribution in [0.15, 0.2) is 17.2 Å². The fourth-order valence-electron chi connectivity index (χ4n) is 1.32. The first-order valence-electron chi connectivity index (χ1n) is 4.53. The molecule has 0 N–H and O–H groups in total. The minimum absolute atomic E-state index is 0.155. The average molecular weight is 212 g/mol. The maximum Gasteiger partial charge on any atom is 0.313 e. The van der Waals surface area contributed by atoms with E-state index in [9.17, 15) is 4.79 Å². The predicted molar refractivity (Wildman–Crippen MR) is 55.8 cm³/mol. The van der Waals surface area contributed by atoms with Crippen molar-refractivity contribution in [2.24, 2.45) is 7.05 Å². The van der Waals surface area contributed by atoms with E-state index in [2.05, 4.69) is 4.98 Å². The summed E-state index contributed by atoms with van der Waals surface area (Å²) in [5.41, 5.74) is -0.163. The summed E-state index contributed by atoms with van der Waals surface area (Å²) in [5, 5.41) is 0. The first-order chi connectivity index (χ1) is 6.77. The fourth-order valence-corrected chi connectivity index (χ4v) is 2.41. The van der Waals surface area contributed by atoms with Crippen LogP contribution in [0.3, 0.4) is 0 Å². The highest BCUT2D eigenvalue weighted by atomic mass is 32.2. The normalized spacial score (nSPS) is 21.1. The molecule has 0 radical (unpaired) electrons. The van der Waals surface area contributed by atoms with E-state index < -0.39 is 0 Å². The van der Waals surface area contributed by atoms with Gasteiger partial charge in [0.15, 0.2) is 0 Å². The molecule has 1 unspecified atom stereocenters. The van der Waals surface area contributed by atoms with Gasteiger partial charge in [-0.1, -0.05) is 0 Å². The van der Waals surface area contributed by atoms with Crippen LogP contribution in [0.25, 0.3) is 0 Å². The number of hydrogen-bond acceptors (Lipinski definition) is 4. The van der Waals surface area contributed by atoms with E-state index in [0.29, 0.717) is 0 Å². The summed E-state index contributed by atoms with van der Waals surface area (Å²) in [5.74, 6) is 2.29. The van der Waals surface area contributed by atoms with Crippen LogP contribution in [0, 0.1) is 0 Å². The van der Waals surface area contributed by atoms with Crippen LogP contribution in [0.2, 0.25) is 0 Å². The molecular weight excluding hydrogens is 200 g/mol. The molecule has 4 nitrogen and oxygen atoms in total. The standard InChI is InChI=1S/C9H12N2O2S/c1-11-4-3-10-8(9(11)12)13-7-2-5-14-6-7/h3-4,7H,2,5-6H2,1H3. The molecule has 1 aromatic heterocycles. The highest BCUT2D eigenvalue weighted by Gasteiger charge is 2.18. The fraction of sp³-hybridized carbons (Fsp3) is 0.556. The number of nitrogens with zero attached hydrogens (tertiary/aromatic N) is 2. The third-order valence-corrected chi connectivity index (χ3v) is 3.28. The molecule has 0 spiro atoms. The molecule has 0 aliphatic carbocycles. The van der Waals surface area contributed by atoms with Crippen molar-refractivity contribution in [3.8, 4) is 5.88 Å². The topological polar surface area (TPSA) is 44.1 Å². The van der Waals surface area contributed by atoms with Gasteiger partial charge in [0.1, 0.15) is 6.10 Å². The van der Waals surface area contributed by atoms with Gasteiger partial charge in [-0.15, -0.1) is 0 Å². The third kappa shape index (κ3) is 1.92. The van der Waals surface area contributed by atoms with Crippen molar-refractivity contribution in [2.75, 3.05) is 11.5 Å². The molecule has 1 aliphatic rings. The molecule has 1 aromatic rings. The lowest BCUT2D eigenvalue weighted by Crippen LogP contribution is -2.25. The van der Waals surface area contributed by atoms with Crippen LogP contribution >= 0.6 is 11.8 Å². The summed E-state index contributed by atoms with van der Waals surface area (Å²) in [6, 6.07) is 0. The number of aromatic nitrogens is 2. The molecule has 1 fully saturated rings. The van der Waals surface area contributed by atoms with E-state index in [0.717, 1.165) is 17.9 Å². The van der Waals surface area contributed by atoms with Gasteiger partial charge in [0.25, 0.3) is 5.88 Å². The maximum atomic E-state index is 11.5. The van der Waals surface area contributed by atoms with Crippen LogP contribution < -0.4 is 10.3 Å². The Labute approximate surface area is 86.3 Å². The SMILES string of the molecule is Cn1ccnc(OC2CCSC2)c1=O. The zero-order valence-corrected chi connectivity index (χ0v) is 8.79. The van der Waals surface area contributed by atoms with E-state index in [4.69, 9.17) is 4.74 Å². The zero-order chi connectivity index (χ0) is 9.97. The summed E-state index contributed by atoms with van der Waals surface area (Å²) in [4.78, 5) is 15.5. The van der Waals surface area contributed by atoms with Crippen LogP contribution in [-0.2, 0) is 7.05 Å². The van der Waals surface area contributed by atoms with Gasteiger partial charge in [0.05, 0.1) is 0 Å². The molecule has 76 valence electrons. The van der Waals surface area contributed by atoms with Crippen molar-refractivity contribution in [3.05, 3.63) is 22.7 Å². The van der Waals surface area contributed by atoms with E-state index in [-0.39, 0.29) is 17.5 Å². The summed E-state index contributed by atoms with van der Waals surface area (Å²) in [7, 11) is 1.69. The monoisotopic (exact) mass is 212 g/mol. The van der Waals surface area contributed by atoms with Crippen LogP contribution in [0.5, 0.6) is 5.88 Å². The highest BCUT2D eigenvalue weighted by molar-refractivity contribution is 7.99. The maximum absolute atomic E-state index is 11.5. The van der Waals surface area contributed by atoms with Crippen molar-refractivity contribution in [3.63, 3.8) is 0 Å². The first-order valence-corrected chi connectivity index (χ1v) is 5.69. The lowest BCUT2D eigenvalue weighted by atomic mass is 10.3. The summed E-state index contributed by atoms with van der Waals surface area (Å²) < 4.78 is 7.00. The molecule has 0 bridgehead atoms. The Bertz CT molecular complexity index is 371. The number of rotatable bonds is 2. The van der Waals surface area contributed by atoms with Gasteiger partial charge in [-0.25, -0.2) is 4.98 Å². The molecule has 2 heterocycles. The molecule has 5 heteroatoms. The second kappa shape index (κ2) is 4.04. The molecular formula is C9H12N2O2S. The molecule has 0 aromatic carbocycles. The molecule has 2 rings (SSSR count). The highest BCUT2D eigenvalue weighted by Crippen LogP contribution is 2.20. The molecule has 1 saturated heterocycles. The predicted octanol–water partition coefficient (Wildman–Crippen LogP) is 0.665. The van der Waals surface area contributed by atoms with Gasteiger partial charge in [0.2, 0.25) is 0 Å². The third-order valence-electron chi connectivity index (χ3n) is 2.15. The zero-order valence-electron chi connectivity index (χ0n) is 7.97. The Morgan fingerprint density at radius 3 is 3.29 bits per heavy atom. The Morgan fingerprint density at radius 1 is 1.71 bits per heavy atom. The summed E-state index contributed by atoms with van der Waals surface area (Å²) in [6.07, 6.45) is 4.37.